The molecule has 0 heterocycles. The molecular weight excluding hydrogens is 306 g/mol. The molecule has 1 aromatic carbocycles. The Kier molecular flexibility index (Phi) is 3.93. The van der Waals surface area contributed by atoms with E-state index in [0.717, 1.165) is 44.3 Å². The Morgan fingerprint density at radius 2 is 2.04 bits per heavy atom. The Bertz CT molecular complexity index is 676. The maximum atomic E-state index is 13.6. The molecule has 2 fully saturated rings. The fourth-order valence-electron chi connectivity index (χ4n) is 6.25. The van der Waals surface area contributed by atoms with Crippen molar-refractivity contribution in [1.82, 2.24) is 0 Å². The van der Waals surface area contributed by atoms with E-state index in [4.69, 9.17) is 4.74 Å². The molecule has 1 aromatic rings. The van der Waals surface area contributed by atoms with Crippen molar-refractivity contribution in [2.75, 3.05) is 7.11 Å². The van der Waals surface area contributed by atoms with Crippen molar-refractivity contribution in [3.63, 3.8) is 0 Å². The predicted molar refractivity (Wildman–Crippen MR) is 91.5 cm³/mol. The van der Waals surface area contributed by atoms with Gasteiger partial charge in [-0.25, -0.2) is 0 Å². The summed E-state index contributed by atoms with van der Waals surface area (Å²) < 4.78 is 32.5. The molecule has 1 nitrogen and oxygen atoms in total. The third-order valence-corrected chi connectivity index (χ3v) is 7.31. The van der Waals surface area contributed by atoms with Gasteiger partial charge in [0.05, 0.1) is 7.11 Å². The van der Waals surface area contributed by atoms with Gasteiger partial charge < -0.3 is 4.74 Å². The van der Waals surface area contributed by atoms with Gasteiger partial charge in [0, 0.05) is 5.57 Å². The largest absolute Gasteiger partial charge is 0.497 e. The van der Waals surface area contributed by atoms with Crippen molar-refractivity contribution in [2.24, 2.45) is 17.3 Å². The maximum absolute atomic E-state index is 13.6. The molecule has 0 aliphatic heterocycles. The Morgan fingerprint density at radius 1 is 1.21 bits per heavy atom. The first-order chi connectivity index (χ1) is 11.6. The Balaban J connectivity index is 1.71. The lowest BCUT2D eigenvalue weighted by Crippen LogP contribution is -2.41. The molecule has 0 bridgehead atoms. The SMILES string of the molecule is CC[C@]12CC[C@@H]3c4ccc(OC)cc4CC[C@H]3[C@@H]1CCC2=C(F)F. The van der Waals surface area contributed by atoms with E-state index >= 15 is 0 Å². The van der Waals surface area contributed by atoms with Crippen molar-refractivity contribution in [1.29, 1.82) is 0 Å². The fourth-order valence-corrected chi connectivity index (χ4v) is 6.25. The van der Waals surface area contributed by atoms with E-state index in [9.17, 15) is 8.78 Å². The highest BCUT2D eigenvalue weighted by Gasteiger charge is 2.55. The van der Waals surface area contributed by atoms with Crippen molar-refractivity contribution < 1.29 is 13.5 Å². The van der Waals surface area contributed by atoms with E-state index in [1.54, 1.807) is 7.11 Å². The van der Waals surface area contributed by atoms with Crippen LogP contribution in [-0.2, 0) is 6.42 Å². The van der Waals surface area contributed by atoms with E-state index in [1.807, 2.05) is 0 Å². The average Bonchev–Trinajstić information content (AvgIpc) is 3.01. The third-order valence-electron chi connectivity index (χ3n) is 7.31. The summed E-state index contributed by atoms with van der Waals surface area (Å²) in [6.07, 6.45) is 5.20. The second-order valence-corrected chi connectivity index (χ2v) is 7.81. The highest BCUT2D eigenvalue weighted by molar-refractivity contribution is 5.41. The lowest BCUT2D eigenvalue weighted by molar-refractivity contribution is 0.0610. The van der Waals surface area contributed by atoms with Crippen LogP contribution in [0.25, 0.3) is 0 Å². The molecule has 3 heteroatoms. The molecule has 4 rings (SSSR count). The van der Waals surface area contributed by atoms with Gasteiger partial charge in [0.2, 0.25) is 0 Å². The van der Waals surface area contributed by atoms with E-state index in [0.29, 0.717) is 29.7 Å². The number of allylic oxidation sites excluding steroid dienone is 1. The Hall–Kier alpha value is -1.38. The summed E-state index contributed by atoms with van der Waals surface area (Å²) in [5, 5.41) is 0. The average molecular weight is 332 g/mol. The third kappa shape index (κ3) is 2.16. The molecule has 0 aromatic heterocycles. The number of halogens is 2. The highest BCUT2D eigenvalue weighted by Crippen LogP contribution is 2.65. The Morgan fingerprint density at radius 3 is 2.75 bits per heavy atom. The fraction of sp³-hybridized carbons (Fsp3) is 0.619. The van der Waals surface area contributed by atoms with Crippen LogP contribution in [-0.4, -0.2) is 7.11 Å². The van der Waals surface area contributed by atoms with Crippen molar-refractivity contribution in [3.05, 3.63) is 41.0 Å². The normalized spacial score (nSPS) is 34.3. The van der Waals surface area contributed by atoms with Crippen LogP contribution in [0.2, 0.25) is 0 Å². The highest BCUT2D eigenvalue weighted by atomic mass is 19.3. The lowest BCUT2D eigenvalue weighted by Gasteiger charge is -2.50. The molecule has 130 valence electrons. The molecule has 2 saturated carbocycles. The van der Waals surface area contributed by atoms with E-state index in [1.165, 1.54) is 11.1 Å². The number of methoxy groups -OCH3 is 1. The summed E-state index contributed by atoms with van der Waals surface area (Å²) in [5.74, 6) is 2.48. The van der Waals surface area contributed by atoms with E-state index in [2.05, 4.69) is 25.1 Å². The first kappa shape index (κ1) is 16.1. The first-order valence-electron chi connectivity index (χ1n) is 9.32. The summed E-state index contributed by atoms with van der Waals surface area (Å²) in [7, 11) is 1.71. The molecule has 3 aliphatic rings. The summed E-state index contributed by atoms with van der Waals surface area (Å²) in [5.41, 5.74) is 3.14. The van der Waals surface area contributed by atoms with Crippen LogP contribution in [0.4, 0.5) is 8.78 Å². The molecule has 4 atom stereocenters. The minimum atomic E-state index is -1.39. The maximum Gasteiger partial charge on any atom is 0.270 e. The zero-order valence-electron chi connectivity index (χ0n) is 14.6. The zero-order valence-corrected chi connectivity index (χ0v) is 14.6. The minimum absolute atomic E-state index is 0.218. The lowest BCUT2D eigenvalue weighted by atomic mass is 9.54. The molecular formula is C21H26F2O. The van der Waals surface area contributed by atoms with Gasteiger partial charge in [-0.05, 0) is 91.4 Å². The summed E-state index contributed by atoms with van der Waals surface area (Å²) in [6.45, 7) is 2.11. The van der Waals surface area contributed by atoms with Crippen LogP contribution in [0.1, 0.15) is 62.5 Å². The quantitative estimate of drug-likeness (QED) is 0.636. The Labute approximate surface area is 143 Å². The number of hydrogen-bond donors (Lipinski definition) is 0. The first-order valence-corrected chi connectivity index (χ1v) is 9.32. The molecule has 24 heavy (non-hydrogen) atoms. The number of ether oxygens (including phenoxy) is 1. The van der Waals surface area contributed by atoms with Gasteiger partial charge >= 0.3 is 0 Å². The van der Waals surface area contributed by atoms with E-state index in [-0.39, 0.29) is 5.41 Å². The van der Waals surface area contributed by atoms with Gasteiger partial charge in [-0.1, -0.05) is 13.0 Å². The van der Waals surface area contributed by atoms with Crippen molar-refractivity contribution in [3.8, 4) is 5.75 Å². The monoisotopic (exact) mass is 332 g/mol. The summed E-state index contributed by atoms with van der Waals surface area (Å²) >= 11 is 0. The van der Waals surface area contributed by atoms with Gasteiger partial charge in [0.1, 0.15) is 5.75 Å². The number of benzene rings is 1. The van der Waals surface area contributed by atoms with Crippen molar-refractivity contribution >= 4 is 0 Å². The van der Waals surface area contributed by atoms with Crippen LogP contribution in [0, 0.1) is 17.3 Å². The molecule has 0 saturated heterocycles. The number of rotatable bonds is 2. The molecule has 3 aliphatic carbocycles. The van der Waals surface area contributed by atoms with Gasteiger partial charge in [-0.2, -0.15) is 8.78 Å². The topological polar surface area (TPSA) is 9.23 Å². The van der Waals surface area contributed by atoms with E-state index < -0.39 is 6.08 Å². The van der Waals surface area contributed by atoms with Crippen LogP contribution in [0.5, 0.6) is 5.75 Å². The number of fused-ring (bicyclic) bond motifs is 5. The molecule has 0 unspecified atom stereocenters. The van der Waals surface area contributed by atoms with Crippen molar-refractivity contribution in [2.45, 2.75) is 57.8 Å². The number of hydrogen-bond acceptors (Lipinski definition) is 1. The van der Waals surface area contributed by atoms with Gasteiger partial charge in [-0.15, -0.1) is 0 Å². The predicted octanol–water partition coefficient (Wildman–Crippen LogP) is 6.09. The number of aryl methyl sites for hydroxylation is 1. The zero-order chi connectivity index (χ0) is 16.9. The van der Waals surface area contributed by atoms with Crippen LogP contribution >= 0.6 is 0 Å². The van der Waals surface area contributed by atoms with Crippen LogP contribution < -0.4 is 4.74 Å². The molecule has 0 spiro atoms. The second kappa shape index (κ2) is 5.86. The van der Waals surface area contributed by atoms with Gasteiger partial charge in [0.25, 0.3) is 6.08 Å². The smallest absolute Gasteiger partial charge is 0.270 e. The van der Waals surface area contributed by atoms with Gasteiger partial charge in [0.15, 0.2) is 0 Å². The standard InChI is InChI=1S/C21H26F2O/c1-3-21-11-10-16-15-7-5-14(24-2)12-13(15)4-6-17(16)18(21)8-9-19(21)20(22)23/h5,7,12,16-18H,3-4,6,8-11H2,1-2H3/t16-,17-,18+,21+/m1/s1. The molecule has 0 radical (unpaired) electrons. The van der Waals surface area contributed by atoms with Crippen LogP contribution in [0.3, 0.4) is 0 Å². The summed E-state index contributed by atoms with van der Waals surface area (Å²) in [4.78, 5) is 0. The summed E-state index contributed by atoms with van der Waals surface area (Å²) in [6, 6.07) is 6.46. The molecule has 0 N–H and O–H groups in total. The molecule has 0 amide bonds. The van der Waals surface area contributed by atoms with Gasteiger partial charge in [-0.3, -0.25) is 0 Å². The second-order valence-electron chi connectivity index (χ2n) is 7.81. The minimum Gasteiger partial charge on any atom is -0.497 e. The van der Waals surface area contributed by atoms with Crippen LogP contribution in [0.15, 0.2) is 29.9 Å².